The molecule has 1 aromatic carbocycles. The molecule has 0 fully saturated rings. The maximum Gasteiger partial charge on any atom is 0.252 e. The van der Waals surface area contributed by atoms with Crippen molar-refractivity contribution in [3.05, 3.63) is 58.3 Å². The Hall–Kier alpha value is -1.23. The third kappa shape index (κ3) is 4.40. The summed E-state index contributed by atoms with van der Waals surface area (Å²) in [6, 6.07) is 11.5. The minimum atomic E-state index is -0.204. The van der Waals surface area contributed by atoms with Gasteiger partial charge in [0.25, 0.3) is 5.91 Å². The lowest BCUT2D eigenvalue weighted by atomic mass is 10.3. The number of halogens is 2. The molecule has 6 heteroatoms. The van der Waals surface area contributed by atoms with Gasteiger partial charge in [-0.15, -0.1) is 11.8 Å². The molecule has 0 atom stereocenters. The molecule has 0 saturated carbocycles. The van der Waals surface area contributed by atoms with Crippen LogP contribution in [0.2, 0.25) is 10.2 Å². The highest BCUT2D eigenvalue weighted by Gasteiger charge is 2.08. The Bertz CT molecular complexity index is 593. The molecule has 1 aromatic heterocycles. The van der Waals surface area contributed by atoms with Crippen molar-refractivity contribution < 1.29 is 4.79 Å². The van der Waals surface area contributed by atoms with Crippen molar-refractivity contribution in [2.75, 3.05) is 12.3 Å². The van der Waals surface area contributed by atoms with Crippen molar-refractivity contribution in [1.82, 2.24) is 10.3 Å². The Labute approximate surface area is 131 Å². The molecule has 104 valence electrons. The molecule has 0 saturated heterocycles. The molecule has 0 aliphatic heterocycles. The Morgan fingerprint density at radius 1 is 1.25 bits per heavy atom. The molecule has 20 heavy (non-hydrogen) atoms. The van der Waals surface area contributed by atoms with Gasteiger partial charge in [0, 0.05) is 23.4 Å². The molecule has 2 aromatic rings. The van der Waals surface area contributed by atoms with Gasteiger partial charge < -0.3 is 5.32 Å². The fourth-order valence-corrected chi connectivity index (χ4v) is 2.56. The van der Waals surface area contributed by atoms with E-state index < -0.39 is 0 Å². The van der Waals surface area contributed by atoms with E-state index in [1.807, 2.05) is 30.3 Å². The van der Waals surface area contributed by atoms with Crippen LogP contribution < -0.4 is 5.32 Å². The lowest BCUT2D eigenvalue weighted by molar-refractivity contribution is 0.0956. The van der Waals surface area contributed by atoms with Gasteiger partial charge in [-0.3, -0.25) is 4.79 Å². The van der Waals surface area contributed by atoms with Gasteiger partial charge in [-0.05, 0) is 18.2 Å². The first-order valence-electron chi connectivity index (χ1n) is 5.94. The Morgan fingerprint density at radius 3 is 2.70 bits per heavy atom. The van der Waals surface area contributed by atoms with Crippen LogP contribution in [0.5, 0.6) is 0 Å². The summed E-state index contributed by atoms with van der Waals surface area (Å²) in [4.78, 5) is 16.9. The average Bonchev–Trinajstić information content (AvgIpc) is 2.47. The minimum absolute atomic E-state index is 0.197. The molecule has 1 N–H and O–H groups in total. The number of nitrogens with one attached hydrogen (secondary N) is 1. The summed E-state index contributed by atoms with van der Waals surface area (Å²) < 4.78 is 0. The van der Waals surface area contributed by atoms with Crippen LogP contribution in [0, 0.1) is 0 Å². The normalized spacial score (nSPS) is 10.3. The number of amides is 1. The van der Waals surface area contributed by atoms with Crippen LogP contribution in [0.1, 0.15) is 10.4 Å². The molecule has 0 unspecified atom stereocenters. The molecular formula is C14H12Cl2N2OS. The maximum absolute atomic E-state index is 11.9. The van der Waals surface area contributed by atoms with Crippen LogP contribution in [0.3, 0.4) is 0 Å². The predicted molar refractivity (Wildman–Crippen MR) is 83.8 cm³/mol. The molecule has 1 heterocycles. The molecule has 0 aliphatic rings. The monoisotopic (exact) mass is 326 g/mol. The zero-order chi connectivity index (χ0) is 14.4. The first-order valence-corrected chi connectivity index (χ1v) is 7.68. The number of benzene rings is 1. The van der Waals surface area contributed by atoms with Gasteiger partial charge in [-0.1, -0.05) is 41.4 Å². The highest BCUT2D eigenvalue weighted by Crippen LogP contribution is 2.19. The van der Waals surface area contributed by atoms with E-state index in [1.54, 1.807) is 11.8 Å². The van der Waals surface area contributed by atoms with E-state index >= 15 is 0 Å². The summed E-state index contributed by atoms with van der Waals surface area (Å²) in [5.74, 6) is 0.592. The number of nitrogens with zero attached hydrogens (tertiary/aromatic N) is 1. The van der Waals surface area contributed by atoms with Crippen molar-refractivity contribution >= 4 is 40.9 Å². The fraction of sp³-hybridized carbons (Fsp3) is 0.143. The van der Waals surface area contributed by atoms with Gasteiger partial charge in [0.2, 0.25) is 0 Å². The molecule has 3 nitrogen and oxygen atoms in total. The van der Waals surface area contributed by atoms with Crippen LogP contribution in [-0.4, -0.2) is 23.2 Å². The second-order valence-electron chi connectivity index (χ2n) is 3.91. The molecule has 0 spiro atoms. The smallest absolute Gasteiger partial charge is 0.252 e. The number of hydrogen-bond acceptors (Lipinski definition) is 3. The average molecular weight is 327 g/mol. The number of carbonyl (C=O) groups is 1. The fourth-order valence-electron chi connectivity index (χ4n) is 1.50. The van der Waals surface area contributed by atoms with E-state index in [1.165, 1.54) is 17.2 Å². The predicted octanol–water partition coefficient (Wildman–Crippen LogP) is 3.91. The highest BCUT2D eigenvalue weighted by atomic mass is 35.5. The van der Waals surface area contributed by atoms with Crippen molar-refractivity contribution in [1.29, 1.82) is 0 Å². The minimum Gasteiger partial charge on any atom is -0.351 e. The van der Waals surface area contributed by atoms with Crippen molar-refractivity contribution in [3.8, 4) is 0 Å². The Balaban J connectivity index is 1.79. The number of rotatable bonds is 5. The summed E-state index contributed by atoms with van der Waals surface area (Å²) in [5.41, 5.74) is 0.407. The van der Waals surface area contributed by atoms with Gasteiger partial charge in [-0.25, -0.2) is 4.98 Å². The van der Waals surface area contributed by atoms with E-state index in [4.69, 9.17) is 23.2 Å². The van der Waals surface area contributed by atoms with Gasteiger partial charge in [0.1, 0.15) is 5.15 Å². The maximum atomic E-state index is 11.9. The second-order valence-corrected chi connectivity index (χ2v) is 5.85. The first kappa shape index (κ1) is 15.2. The van der Waals surface area contributed by atoms with E-state index in [0.29, 0.717) is 12.1 Å². The van der Waals surface area contributed by atoms with Crippen LogP contribution in [-0.2, 0) is 0 Å². The van der Waals surface area contributed by atoms with Crippen molar-refractivity contribution in [2.45, 2.75) is 4.90 Å². The Kier molecular flexibility index (Phi) is 5.71. The third-order valence-corrected chi connectivity index (χ3v) is 4.16. The lowest BCUT2D eigenvalue weighted by Crippen LogP contribution is -2.25. The van der Waals surface area contributed by atoms with E-state index in [2.05, 4.69) is 10.3 Å². The zero-order valence-corrected chi connectivity index (χ0v) is 12.8. The van der Waals surface area contributed by atoms with Crippen molar-refractivity contribution in [3.63, 3.8) is 0 Å². The molecule has 2 rings (SSSR count). The number of hydrogen-bond donors (Lipinski definition) is 1. The van der Waals surface area contributed by atoms with Crippen LogP contribution >= 0.6 is 35.0 Å². The topological polar surface area (TPSA) is 42.0 Å². The van der Waals surface area contributed by atoms with E-state index in [0.717, 1.165) is 5.75 Å². The van der Waals surface area contributed by atoms with E-state index in [-0.39, 0.29) is 16.1 Å². The lowest BCUT2D eigenvalue weighted by Gasteiger charge is -2.05. The number of carbonyl (C=O) groups excluding carboxylic acids is 1. The first-order chi connectivity index (χ1) is 9.66. The van der Waals surface area contributed by atoms with Gasteiger partial charge >= 0.3 is 0 Å². The molecule has 0 aliphatic carbocycles. The summed E-state index contributed by atoms with van der Waals surface area (Å²) in [5, 5.41) is 3.29. The van der Waals surface area contributed by atoms with Crippen LogP contribution in [0.15, 0.2) is 47.5 Å². The number of pyridine rings is 1. The van der Waals surface area contributed by atoms with Gasteiger partial charge in [0.05, 0.1) is 10.6 Å². The molecule has 0 bridgehead atoms. The highest BCUT2D eigenvalue weighted by molar-refractivity contribution is 7.99. The third-order valence-electron chi connectivity index (χ3n) is 2.46. The largest absolute Gasteiger partial charge is 0.351 e. The van der Waals surface area contributed by atoms with Crippen molar-refractivity contribution in [2.24, 2.45) is 0 Å². The SMILES string of the molecule is O=C(NCCSc1ccccc1)c1cnc(Cl)c(Cl)c1. The summed E-state index contributed by atoms with van der Waals surface area (Å²) in [6.07, 6.45) is 1.41. The summed E-state index contributed by atoms with van der Waals surface area (Å²) >= 11 is 13.2. The van der Waals surface area contributed by atoms with Gasteiger partial charge in [-0.2, -0.15) is 0 Å². The Morgan fingerprint density at radius 2 is 2.00 bits per heavy atom. The summed E-state index contributed by atoms with van der Waals surface area (Å²) in [7, 11) is 0. The van der Waals surface area contributed by atoms with Crippen LogP contribution in [0.25, 0.3) is 0 Å². The standard InChI is InChI=1S/C14H12Cl2N2OS/c15-12-8-10(9-18-13(12)16)14(19)17-6-7-20-11-4-2-1-3-5-11/h1-5,8-9H,6-7H2,(H,17,19). The quantitative estimate of drug-likeness (QED) is 0.514. The van der Waals surface area contributed by atoms with E-state index in [9.17, 15) is 4.79 Å². The number of aromatic nitrogens is 1. The van der Waals surface area contributed by atoms with Crippen LogP contribution in [0.4, 0.5) is 0 Å². The molecule has 0 radical (unpaired) electrons. The molecule has 1 amide bonds. The second kappa shape index (κ2) is 7.53. The zero-order valence-electron chi connectivity index (χ0n) is 10.5. The molecular weight excluding hydrogens is 315 g/mol. The van der Waals surface area contributed by atoms with Gasteiger partial charge in [0.15, 0.2) is 0 Å². The summed E-state index contributed by atoms with van der Waals surface area (Å²) in [6.45, 7) is 0.568. The number of thioether (sulfide) groups is 1.